The van der Waals surface area contributed by atoms with E-state index in [1.807, 2.05) is 18.3 Å². The van der Waals surface area contributed by atoms with Crippen LogP contribution in [0.15, 0.2) is 29.0 Å². The third kappa shape index (κ3) is 3.01. The molecule has 0 unspecified atom stereocenters. The van der Waals surface area contributed by atoms with E-state index in [9.17, 15) is 4.79 Å². The van der Waals surface area contributed by atoms with Gasteiger partial charge in [0.25, 0.3) is 0 Å². The second-order valence-corrected chi connectivity index (χ2v) is 7.93. The van der Waals surface area contributed by atoms with Crippen molar-refractivity contribution in [1.82, 2.24) is 19.3 Å². The summed E-state index contributed by atoms with van der Waals surface area (Å²) in [5, 5.41) is 4.42. The van der Waals surface area contributed by atoms with Gasteiger partial charge in [0.05, 0.1) is 30.5 Å². The van der Waals surface area contributed by atoms with Crippen LogP contribution in [0.4, 0.5) is 0 Å². The number of nitrogens with zero attached hydrogens (tertiary/aromatic N) is 4. The Kier molecular flexibility index (Phi) is 4.46. The minimum atomic E-state index is -0.892. The van der Waals surface area contributed by atoms with Crippen LogP contribution in [0.1, 0.15) is 27.2 Å². The number of aryl methyl sites for hydroxylation is 1. The molecule has 0 saturated carbocycles. The molecule has 8 heteroatoms. The first-order chi connectivity index (χ1) is 12.9. The lowest BCUT2D eigenvalue weighted by Crippen LogP contribution is -2.37. The summed E-state index contributed by atoms with van der Waals surface area (Å²) in [4.78, 5) is 17.1. The highest BCUT2D eigenvalue weighted by atomic mass is 79.9. The molecule has 0 N–H and O–H groups in total. The molecule has 0 atom stereocenters. The summed E-state index contributed by atoms with van der Waals surface area (Å²) < 4.78 is 15.8. The molecule has 1 aromatic carbocycles. The van der Waals surface area contributed by atoms with Gasteiger partial charge in [0, 0.05) is 17.2 Å². The van der Waals surface area contributed by atoms with Crippen molar-refractivity contribution in [2.45, 2.75) is 39.3 Å². The highest BCUT2D eigenvalue weighted by Crippen LogP contribution is 2.36. The van der Waals surface area contributed by atoms with E-state index in [4.69, 9.17) is 14.5 Å². The first-order valence-corrected chi connectivity index (χ1v) is 9.76. The summed E-state index contributed by atoms with van der Waals surface area (Å²) >= 11 is 3.53. The van der Waals surface area contributed by atoms with Crippen LogP contribution >= 0.6 is 15.9 Å². The highest BCUT2D eigenvalue weighted by Gasteiger charge is 2.33. The lowest BCUT2D eigenvalue weighted by atomic mass is 10.1. The monoisotopic (exact) mass is 432 g/mol. The highest BCUT2D eigenvalue weighted by molar-refractivity contribution is 9.10. The molecule has 0 radical (unpaired) electrons. The third-order valence-electron chi connectivity index (χ3n) is 4.74. The van der Waals surface area contributed by atoms with E-state index in [-0.39, 0.29) is 5.97 Å². The fourth-order valence-electron chi connectivity index (χ4n) is 3.30. The van der Waals surface area contributed by atoms with Crippen molar-refractivity contribution in [3.8, 4) is 17.1 Å². The van der Waals surface area contributed by atoms with Gasteiger partial charge in [-0.15, -0.1) is 0 Å². The summed E-state index contributed by atoms with van der Waals surface area (Å²) in [5.74, 6) is 1.33. The number of carbonyl (C=O) groups is 1. The molecule has 3 heterocycles. The van der Waals surface area contributed by atoms with Crippen LogP contribution in [0.3, 0.4) is 0 Å². The summed E-state index contributed by atoms with van der Waals surface area (Å²) in [6, 6.07) is 3.96. The zero-order valence-electron chi connectivity index (χ0n) is 15.5. The Morgan fingerprint density at radius 3 is 3.00 bits per heavy atom. The number of halogens is 1. The molecule has 2 aromatic heterocycles. The fourth-order valence-corrected chi connectivity index (χ4v) is 3.72. The van der Waals surface area contributed by atoms with Crippen molar-refractivity contribution >= 4 is 32.9 Å². The molecule has 7 nitrogen and oxygen atoms in total. The van der Waals surface area contributed by atoms with Crippen LogP contribution in [0, 0.1) is 0 Å². The number of rotatable bonds is 4. The van der Waals surface area contributed by atoms with E-state index >= 15 is 0 Å². The van der Waals surface area contributed by atoms with Gasteiger partial charge in [0.15, 0.2) is 5.54 Å². The van der Waals surface area contributed by atoms with E-state index in [0.717, 1.165) is 45.6 Å². The van der Waals surface area contributed by atoms with E-state index in [1.165, 1.54) is 0 Å². The Bertz CT molecular complexity index is 1020. The van der Waals surface area contributed by atoms with Gasteiger partial charge >= 0.3 is 5.97 Å². The molecular formula is C19H21BrN4O3. The number of ether oxygens (including phenoxy) is 2. The number of hydrogen-bond donors (Lipinski definition) is 0. The number of benzene rings is 1. The number of imidazole rings is 1. The van der Waals surface area contributed by atoms with Crippen molar-refractivity contribution in [1.29, 1.82) is 0 Å². The topological polar surface area (TPSA) is 71.2 Å². The molecule has 0 saturated heterocycles. The van der Waals surface area contributed by atoms with Gasteiger partial charge in [0.2, 0.25) is 0 Å². The summed E-state index contributed by atoms with van der Waals surface area (Å²) in [5.41, 5.74) is 1.82. The Morgan fingerprint density at radius 1 is 1.41 bits per heavy atom. The zero-order chi connectivity index (χ0) is 19.2. The normalized spacial score (nSPS) is 14.1. The largest absolute Gasteiger partial charge is 0.491 e. The van der Waals surface area contributed by atoms with Gasteiger partial charge in [-0.1, -0.05) is 15.9 Å². The maximum absolute atomic E-state index is 12.3. The fraction of sp³-hybridized carbons (Fsp3) is 0.421. The lowest BCUT2D eigenvalue weighted by Gasteiger charge is -2.22. The van der Waals surface area contributed by atoms with Gasteiger partial charge < -0.3 is 14.0 Å². The van der Waals surface area contributed by atoms with E-state index < -0.39 is 5.54 Å². The minimum absolute atomic E-state index is 0.314. The van der Waals surface area contributed by atoms with E-state index in [1.54, 1.807) is 31.6 Å². The molecule has 0 amide bonds. The molecule has 0 aliphatic carbocycles. The van der Waals surface area contributed by atoms with Crippen LogP contribution in [-0.4, -0.2) is 38.5 Å². The molecule has 0 bridgehead atoms. The van der Waals surface area contributed by atoms with Crippen LogP contribution in [0.5, 0.6) is 5.75 Å². The molecule has 1 aliphatic rings. The van der Waals surface area contributed by atoms with Crippen LogP contribution in [-0.2, 0) is 21.6 Å². The standard InChI is InChI=1S/C19H21BrN4O3/c1-4-26-18(25)19(2,3)24-11-12(10-21-24)17-22-14-8-13(20)9-15-16(14)23(17)6-5-7-27-15/h8-11H,4-7H2,1-3H3. The second-order valence-electron chi connectivity index (χ2n) is 7.01. The Labute approximate surface area is 165 Å². The number of hydrogen-bond acceptors (Lipinski definition) is 5. The van der Waals surface area contributed by atoms with Gasteiger partial charge in [0.1, 0.15) is 17.1 Å². The van der Waals surface area contributed by atoms with E-state index in [2.05, 4.69) is 25.6 Å². The zero-order valence-corrected chi connectivity index (χ0v) is 17.1. The Balaban J connectivity index is 1.81. The number of esters is 1. The molecule has 142 valence electrons. The van der Waals surface area contributed by atoms with Crippen molar-refractivity contribution in [3.05, 3.63) is 29.0 Å². The van der Waals surface area contributed by atoms with Gasteiger partial charge in [-0.2, -0.15) is 5.10 Å². The third-order valence-corrected chi connectivity index (χ3v) is 5.20. The predicted octanol–water partition coefficient (Wildman–Crippen LogP) is 3.74. The van der Waals surface area contributed by atoms with Crippen molar-refractivity contribution in [2.24, 2.45) is 0 Å². The van der Waals surface area contributed by atoms with Gasteiger partial charge in [-0.05, 0) is 39.3 Å². The number of aromatic nitrogens is 4. The van der Waals surface area contributed by atoms with Gasteiger partial charge in [-0.25, -0.2) is 9.78 Å². The van der Waals surface area contributed by atoms with Gasteiger partial charge in [-0.3, -0.25) is 4.68 Å². The van der Waals surface area contributed by atoms with Crippen molar-refractivity contribution < 1.29 is 14.3 Å². The molecule has 1 aliphatic heterocycles. The molecule has 3 aromatic rings. The SMILES string of the molecule is CCOC(=O)C(C)(C)n1cc(-c2nc3cc(Br)cc4c3n2CCCO4)cn1. The molecule has 27 heavy (non-hydrogen) atoms. The maximum Gasteiger partial charge on any atom is 0.333 e. The minimum Gasteiger partial charge on any atom is -0.491 e. The van der Waals surface area contributed by atoms with Crippen molar-refractivity contribution in [2.75, 3.05) is 13.2 Å². The van der Waals surface area contributed by atoms with Crippen LogP contribution in [0.2, 0.25) is 0 Å². The summed E-state index contributed by atoms with van der Waals surface area (Å²) in [6.45, 7) is 7.20. The Hall–Kier alpha value is -2.35. The molecular weight excluding hydrogens is 412 g/mol. The molecule has 0 spiro atoms. The smallest absolute Gasteiger partial charge is 0.333 e. The average molecular weight is 433 g/mol. The quantitative estimate of drug-likeness (QED) is 0.587. The molecule has 0 fully saturated rings. The lowest BCUT2D eigenvalue weighted by molar-refractivity contribution is -0.152. The average Bonchev–Trinajstić information content (AvgIpc) is 3.18. The first-order valence-electron chi connectivity index (χ1n) is 8.97. The summed E-state index contributed by atoms with van der Waals surface area (Å²) in [7, 11) is 0. The maximum atomic E-state index is 12.3. The summed E-state index contributed by atoms with van der Waals surface area (Å²) in [6.07, 6.45) is 4.49. The number of carbonyl (C=O) groups excluding carboxylic acids is 1. The second kappa shape index (κ2) is 6.67. The predicted molar refractivity (Wildman–Crippen MR) is 105 cm³/mol. The van der Waals surface area contributed by atoms with Crippen molar-refractivity contribution in [3.63, 3.8) is 0 Å². The van der Waals surface area contributed by atoms with Crippen LogP contribution in [0.25, 0.3) is 22.4 Å². The molecule has 4 rings (SSSR count). The Morgan fingerprint density at radius 2 is 2.22 bits per heavy atom. The van der Waals surface area contributed by atoms with Crippen LogP contribution < -0.4 is 4.74 Å². The van der Waals surface area contributed by atoms with E-state index in [0.29, 0.717) is 13.2 Å². The first kappa shape index (κ1) is 18.0.